The highest BCUT2D eigenvalue weighted by molar-refractivity contribution is 6.34. The number of nitrogens with two attached hydrogens (primary N) is 1. The number of amidine groups is 1. The van der Waals surface area contributed by atoms with Gasteiger partial charge >= 0.3 is 0 Å². The van der Waals surface area contributed by atoms with E-state index in [9.17, 15) is 0 Å². The van der Waals surface area contributed by atoms with E-state index in [1.807, 2.05) is 0 Å². The molecule has 0 heterocycles. The van der Waals surface area contributed by atoms with Crippen molar-refractivity contribution in [2.45, 2.75) is 39.5 Å². The SMILES string of the molecule is CCCCC(CC)COc1ccc(C(N)=NO)c(Cl)c1. The number of halogens is 1. The van der Waals surface area contributed by atoms with Gasteiger partial charge in [0.25, 0.3) is 0 Å². The standard InChI is InChI=1S/C15H23ClN2O2/c1-3-5-6-11(4-2)10-20-12-7-8-13(14(16)9-12)15(17)18-19/h7-9,11,19H,3-6,10H2,1-2H3,(H2,17,18). The van der Waals surface area contributed by atoms with Crippen molar-refractivity contribution in [3.05, 3.63) is 28.8 Å². The van der Waals surface area contributed by atoms with E-state index in [2.05, 4.69) is 19.0 Å². The molecule has 0 fully saturated rings. The fraction of sp³-hybridized carbons (Fsp3) is 0.533. The van der Waals surface area contributed by atoms with E-state index in [-0.39, 0.29) is 5.84 Å². The molecule has 0 aliphatic carbocycles. The molecule has 4 nitrogen and oxygen atoms in total. The molecule has 1 unspecified atom stereocenters. The molecule has 0 radical (unpaired) electrons. The Morgan fingerprint density at radius 2 is 2.20 bits per heavy atom. The van der Waals surface area contributed by atoms with Crippen LogP contribution in [0.25, 0.3) is 0 Å². The highest BCUT2D eigenvalue weighted by atomic mass is 35.5. The van der Waals surface area contributed by atoms with E-state index in [1.165, 1.54) is 19.3 Å². The molecule has 3 N–H and O–H groups in total. The summed E-state index contributed by atoms with van der Waals surface area (Å²) in [6.45, 7) is 5.06. The van der Waals surface area contributed by atoms with Gasteiger partial charge in [-0.15, -0.1) is 0 Å². The lowest BCUT2D eigenvalue weighted by molar-refractivity contribution is 0.233. The van der Waals surface area contributed by atoms with Gasteiger partial charge in [0, 0.05) is 5.56 Å². The van der Waals surface area contributed by atoms with Crippen LogP contribution in [0.1, 0.15) is 45.1 Å². The van der Waals surface area contributed by atoms with Crippen molar-refractivity contribution in [1.82, 2.24) is 0 Å². The molecule has 1 atom stereocenters. The third-order valence-electron chi connectivity index (χ3n) is 3.35. The van der Waals surface area contributed by atoms with Crippen LogP contribution in [0.4, 0.5) is 0 Å². The molecule has 20 heavy (non-hydrogen) atoms. The minimum absolute atomic E-state index is 0.00377. The zero-order valence-corrected chi connectivity index (χ0v) is 12.9. The molecule has 1 aromatic carbocycles. The van der Waals surface area contributed by atoms with E-state index in [4.69, 9.17) is 27.3 Å². The molecule has 0 aliphatic rings. The fourth-order valence-electron chi connectivity index (χ4n) is 1.96. The minimum atomic E-state index is -0.00377. The van der Waals surface area contributed by atoms with Gasteiger partial charge in [0.15, 0.2) is 5.84 Å². The molecule has 112 valence electrons. The Labute approximate surface area is 125 Å². The Balaban J connectivity index is 2.63. The summed E-state index contributed by atoms with van der Waals surface area (Å²) in [4.78, 5) is 0. The Bertz CT molecular complexity index is 449. The van der Waals surface area contributed by atoms with E-state index in [0.29, 0.717) is 28.9 Å². The molecule has 0 amide bonds. The number of ether oxygens (including phenoxy) is 1. The molecule has 1 aromatic rings. The Hall–Kier alpha value is -1.42. The van der Waals surface area contributed by atoms with Crippen molar-refractivity contribution in [2.24, 2.45) is 16.8 Å². The smallest absolute Gasteiger partial charge is 0.171 e. The number of benzene rings is 1. The third-order valence-corrected chi connectivity index (χ3v) is 3.67. The molecular formula is C15H23ClN2O2. The van der Waals surface area contributed by atoms with Crippen LogP contribution in [0, 0.1) is 5.92 Å². The van der Waals surface area contributed by atoms with Gasteiger partial charge in [0.05, 0.1) is 11.6 Å². The van der Waals surface area contributed by atoms with Crippen molar-refractivity contribution in [3.8, 4) is 5.75 Å². The predicted molar refractivity (Wildman–Crippen MR) is 82.8 cm³/mol. The molecule has 0 saturated heterocycles. The second-order valence-electron chi connectivity index (χ2n) is 4.85. The summed E-state index contributed by atoms with van der Waals surface area (Å²) in [6, 6.07) is 5.17. The maximum absolute atomic E-state index is 8.65. The number of hydrogen-bond donors (Lipinski definition) is 2. The number of nitrogens with zero attached hydrogens (tertiary/aromatic N) is 1. The quantitative estimate of drug-likeness (QED) is 0.329. The summed E-state index contributed by atoms with van der Waals surface area (Å²) >= 11 is 6.08. The fourth-order valence-corrected chi connectivity index (χ4v) is 2.23. The van der Waals surface area contributed by atoms with Gasteiger partial charge in [-0.2, -0.15) is 0 Å². The van der Waals surface area contributed by atoms with Gasteiger partial charge in [-0.05, 0) is 30.5 Å². The van der Waals surface area contributed by atoms with Gasteiger partial charge in [0.1, 0.15) is 5.75 Å². The van der Waals surface area contributed by atoms with Crippen LogP contribution in [0.15, 0.2) is 23.4 Å². The number of unbranched alkanes of at least 4 members (excludes halogenated alkanes) is 1. The average Bonchev–Trinajstić information content (AvgIpc) is 2.47. The van der Waals surface area contributed by atoms with Crippen molar-refractivity contribution >= 4 is 17.4 Å². The normalized spacial score (nSPS) is 13.2. The predicted octanol–water partition coefficient (Wildman–Crippen LogP) is 4.03. The summed E-state index contributed by atoms with van der Waals surface area (Å²) in [7, 11) is 0. The maximum atomic E-state index is 8.65. The van der Waals surface area contributed by atoms with Crippen molar-refractivity contribution in [2.75, 3.05) is 6.61 Å². The summed E-state index contributed by atoms with van der Waals surface area (Å²) in [5.74, 6) is 1.27. The van der Waals surface area contributed by atoms with Crippen molar-refractivity contribution in [3.63, 3.8) is 0 Å². The second kappa shape index (κ2) is 8.69. The van der Waals surface area contributed by atoms with E-state index < -0.39 is 0 Å². The van der Waals surface area contributed by atoms with Crippen molar-refractivity contribution in [1.29, 1.82) is 0 Å². The lowest BCUT2D eigenvalue weighted by atomic mass is 10.0. The van der Waals surface area contributed by atoms with Crippen molar-refractivity contribution < 1.29 is 9.94 Å². The second-order valence-corrected chi connectivity index (χ2v) is 5.26. The Morgan fingerprint density at radius 1 is 1.45 bits per heavy atom. The summed E-state index contributed by atoms with van der Waals surface area (Å²) < 4.78 is 5.78. The van der Waals surface area contributed by atoms with Crippen LogP contribution in [-0.2, 0) is 0 Å². The minimum Gasteiger partial charge on any atom is -0.493 e. The van der Waals surface area contributed by atoms with Gasteiger partial charge in [-0.25, -0.2) is 0 Å². The molecule has 0 aromatic heterocycles. The summed E-state index contributed by atoms with van der Waals surface area (Å²) in [5, 5.41) is 12.0. The first kappa shape index (κ1) is 16.6. The number of hydrogen-bond acceptors (Lipinski definition) is 3. The van der Waals surface area contributed by atoms with E-state index in [0.717, 1.165) is 6.42 Å². The van der Waals surface area contributed by atoms with Crippen LogP contribution in [0.5, 0.6) is 5.75 Å². The molecule has 0 saturated carbocycles. The zero-order chi connectivity index (χ0) is 15.0. The third kappa shape index (κ3) is 4.93. The van der Waals surface area contributed by atoms with Crippen LogP contribution in [0.2, 0.25) is 5.02 Å². The molecular weight excluding hydrogens is 276 g/mol. The van der Waals surface area contributed by atoms with Crippen LogP contribution < -0.4 is 10.5 Å². The van der Waals surface area contributed by atoms with Crippen LogP contribution in [0.3, 0.4) is 0 Å². The van der Waals surface area contributed by atoms with Crippen LogP contribution in [-0.4, -0.2) is 17.6 Å². The first-order valence-corrected chi connectivity index (χ1v) is 7.40. The molecule has 0 spiro atoms. The highest BCUT2D eigenvalue weighted by Gasteiger charge is 2.09. The lowest BCUT2D eigenvalue weighted by Crippen LogP contribution is -2.14. The van der Waals surface area contributed by atoms with Gasteiger partial charge in [-0.1, -0.05) is 49.9 Å². The maximum Gasteiger partial charge on any atom is 0.171 e. The largest absolute Gasteiger partial charge is 0.493 e. The molecule has 1 rings (SSSR count). The Morgan fingerprint density at radius 3 is 2.75 bits per heavy atom. The van der Waals surface area contributed by atoms with Gasteiger partial charge in [0.2, 0.25) is 0 Å². The average molecular weight is 299 g/mol. The zero-order valence-electron chi connectivity index (χ0n) is 12.1. The van der Waals surface area contributed by atoms with E-state index in [1.54, 1.807) is 18.2 Å². The Kier molecular flexibility index (Phi) is 7.23. The molecule has 0 aliphatic heterocycles. The summed E-state index contributed by atoms with van der Waals surface area (Å²) in [5.41, 5.74) is 6.02. The summed E-state index contributed by atoms with van der Waals surface area (Å²) in [6.07, 6.45) is 4.72. The first-order chi connectivity index (χ1) is 9.62. The van der Waals surface area contributed by atoms with Gasteiger partial charge < -0.3 is 15.7 Å². The van der Waals surface area contributed by atoms with Gasteiger partial charge in [-0.3, -0.25) is 0 Å². The highest BCUT2D eigenvalue weighted by Crippen LogP contribution is 2.23. The topological polar surface area (TPSA) is 67.8 Å². The number of rotatable bonds is 8. The first-order valence-electron chi connectivity index (χ1n) is 7.02. The molecule has 5 heteroatoms. The monoisotopic (exact) mass is 298 g/mol. The number of oxime groups is 1. The molecule has 0 bridgehead atoms. The van der Waals surface area contributed by atoms with Crippen LogP contribution >= 0.6 is 11.6 Å². The lowest BCUT2D eigenvalue weighted by Gasteiger charge is -2.16. The van der Waals surface area contributed by atoms with E-state index >= 15 is 0 Å².